The first-order valence-electron chi connectivity index (χ1n) is 8.21. The van der Waals surface area contributed by atoms with E-state index in [4.69, 9.17) is 9.84 Å². The highest BCUT2D eigenvalue weighted by atomic mass is 16.5. The normalized spacial score (nSPS) is 17.3. The van der Waals surface area contributed by atoms with E-state index in [2.05, 4.69) is 6.07 Å². The Bertz CT molecular complexity index is 570. The second kappa shape index (κ2) is 7.99. The summed E-state index contributed by atoms with van der Waals surface area (Å²) in [6.07, 6.45) is 3.23. The average molecular weight is 319 g/mol. The van der Waals surface area contributed by atoms with Gasteiger partial charge in [0.15, 0.2) is 0 Å². The summed E-state index contributed by atoms with van der Waals surface area (Å²) < 4.78 is 5.77. The van der Waals surface area contributed by atoms with Gasteiger partial charge in [0.1, 0.15) is 11.8 Å². The Morgan fingerprint density at radius 1 is 1.30 bits per heavy atom. The number of carboxylic acids is 1. The molecule has 5 nitrogen and oxygen atoms in total. The summed E-state index contributed by atoms with van der Waals surface area (Å²) in [6, 6.07) is 5.47. The van der Waals surface area contributed by atoms with Gasteiger partial charge in [-0.1, -0.05) is 12.1 Å². The molecule has 1 amide bonds. The molecule has 5 heteroatoms. The largest absolute Gasteiger partial charge is 0.493 e. The van der Waals surface area contributed by atoms with Crippen molar-refractivity contribution < 1.29 is 19.4 Å². The molecule has 0 spiro atoms. The summed E-state index contributed by atoms with van der Waals surface area (Å²) in [4.78, 5) is 24.7. The first-order chi connectivity index (χ1) is 11.0. The third-order valence-corrected chi connectivity index (χ3v) is 4.24. The molecule has 1 aromatic rings. The maximum Gasteiger partial charge on any atom is 0.326 e. The van der Waals surface area contributed by atoms with Crippen molar-refractivity contribution in [2.75, 3.05) is 13.2 Å². The van der Waals surface area contributed by atoms with E-state index >= 15 is 0 Å². The standard InChI is InChI=1S/C18H25NO4/c1-13-8-9-14(2)16(12-13)23-11-4-3-7-17(20)19-10-5-6-15(19)18(21)22/h8-9,12,15H,3-7,10-11H2,1-2H3,(H,21,22). The maximum atomic E-state index is 12.1. The number of rotatable bonds is 7. The molecule has 1 heterocycles. The predicted octanol–water partition coefficient (Wildman–Crippen LogP) is 2.93. The lowest BCUT2D eigenvalue weighted by molar-refractivity contribution is -0.148. The molecule has 2 rings (SSSR count). The van der Waals surface area contributed by atoms with Crippen molar-refractivity contribution in [2.45, 2.75) is 52.0 Å². The van der Waals surface area contributed by atoms with E-state index in [0.29, 0.717) is 32.4 Å². The molecule has 0 aliphatic carbocycles. The van der Waals surface area contributed by atoms with Crippen LogP contribution in [-0.4, -0.2) is 41.1 Å². The third-order valence-electron chi connectivity index (χ3n) is 4.24. The van der Waals surface area contributed by atoms with Crippen LogP contribution < -0.4 is 4.74 Å². The molecule has 1 saturated heterocycles. The van der Waals surface area contributed by atoms with Crippen molar-refractivity contribution in [2.24, 2.45) is 0 Å². The van der Waals surface area contributed by atoms with Crippen molar-refractivity contribution >= 4 is 11.9 Å². The zero-order valence-corrected chi connectivity index (χ0v) is 13.9. The van der Waals surface area contributed by atoms with Gasteiger partial charge >= 0.3 is 5.97 Å². The van der Waals surface area contributed by atoms with Gasteiger partial charge in [0.25, 0.3) is 0 Å². The molecule has 0 saturated carbocycles. The lowest BCUT2D eigenvalue weighted by Gasteiger charge is -2.21. The van der Waals surface area contributed by atoms with Gasteiger partial charge in [0.2, 0.25) is 5.91 Å². The SMILES string of the molecule is Cc1ccc(C)c(OCCCCC(=O)N2CCCC2C(=O)O)c1. The minimum Gasteiger partial charge on any atom is -0.493 e. The lowest BCUT2D eigenvalue weighted by Crippen LogP contribution is -2.40. The molecular weight excluding hydrogens is 294 g/mol. The van der Waals surface area contributed by atoms with Crippen LogP contribution in [-0.2, 0) is 9.59 Å². The van der Waals surface area contributed by atoms with Crippen LogP contribution in [0.15, 0.2) is 18.2 Å². The zero-order valence-electron chi connectivity index (χ0n) is 13.9. The zero-order chi connectivity index (χ0) is 16.8. The topological polar surface area (TPSA) is 66.8 Å². The van der Waals surface area contributed by atoms with Crippen LogP contribution in [0.1, 0.15) is 43.2 Å². The van der Waals surface area contributed by atoms with Crippen LogP contribution >= 0.6 is 0 Å². The van der Waals surface area contributed by atoms with Crippen LogP contribution in [0.4, 0.5) is 0 Å². The van der Waals surface area contributed by atoms with E-state index in [0.717, 1.165) is 29.7 Å². The Labute approximate surface area is 137 Å². The first kappa shape index (κ1) is 17.3. The highest BCUT2D eigenvalue weighted by Gasteiger charge is 2.33. The van der Waals surface area contributed by atoms with Crippen molar-refractivity contribution in [1.82, 2.24) is 4.90 Å². The summed E-state index contributed by atoms with van der Waals surface area (Å²) >= 11 is 0. The molecule has 0 bridgehead atoms. The fourth-order valence-electron chi connectivity index (χ4n) is 2.89. The van der Waals surface area contributed by atoms with Gasteiger partial charge < -0.3 is 14.7 Å². The Morgan fingerprint density at radius 3 is 2.83 bits per heavy atom. The van der Waals surface area contributed by atoms with E-state index in [1.807, 2.05) is 26.0 Å². The highest BCUT2D eigenvalue weighted by molar-refractivity contribution is 5.84. The second-order valence-corrected chi connectivity index (χ2v) is 6.16. The summed E-state index contributed by atoms with van der Waals surface area (Å²) in [5.41, 5.74) is 2.27. The number of carbonyl (C=O) groups excluding carboxylic acids is 1. The van der Waals surface area contributed by atoms with Crippen molar-refractivity contribution in [1.29, 1.82) is 0 Å². The molecule has 1 N–H and O–H groups in total. The van der Waals surface area contributed by atoms with Crippen LogP contribution in [0.2, 0.25) is 0 Å². The summed E-state index contributed by atoms with van der Waals surface area (Å²) in [7, 11) is 0. The monoisotopic (exact) mass is 319 g/mol. The summed E-state index contributed by atoms with van der Waals surface area (Å²) in [6.45, 7) is 5.17. The molecule has 23 heavy (non-hydrogen) atoms. The molecule has 0 radical (unpaired) electrons. The number of ether oxygens (including phenoxy) is 1. The number of amides is 1. The quantitative estimate of drug-likeness (QED) is 0.785. The Balaban J connectivity index is 1.70. The number of unbranched alkanes of at least 4 members (excludes halogenated alkanes) is 1. The van der Waals surface area contributed by atoms with Gasteiger partial charge in [-0.25, -0.2) is 4.79 Å². The molecular formula is C18H25NO4. The molecule has 126 valence electrons. The molecule has 1 aliphatic rings. The molecule has 1 unspecified atom stereocenters. The van der Waals surface area contributed by atoms with Crippen LogP contribution in [0.25, 0.3) is 0 Å². The van der Waals surface area contributed by atoms with Gasteiger partial charge in [-0.3, -0.25) is 4.79 Å². The Hall–Kier alpha value is -2.04. The second-order valence-electron chi connectivity index (χ2n) is 6.16. The number of hydrogen-bond acceptors (Lipinski definition) is 3. The predicted molar refractivity (Wildman–Crippen MR) is 87.6 cm³/mol. The van der Waals surface area contributed by atoms with E-state index in [-0.39, 0.29) is 5.91 Å². The number of carboxylic acid groups (broad SMARTS) is 1. The van der Waals surface area contributed by atoms with Crippen molar-refractivity contribution in [3.63, 3.8) is 0 Å². The van der Waals surface area contributed by atoms with Crippen LogP contribution in [0.3, 0.4) is 0 Å². The highest BCUT2D eigenvalue weighted by Crippen LogP contribution is 2.21. The smallest absolute Gasteiger partial charge is 0.326 e. The van der Waals surface area contributed by atoms with Gasteiger partial charge in [0.05, 0.1) is 6.61 Å². The fraction of sp³-hybridized carbons (Fsp3) is 0.556. The summed E-state index contributed by atoms with van der Waals surface area (Å²) in [5.74, 6) is -0.0578. The number of likely N-dealkylation sites (tertiary alicyclic amines) is 1. The third kappa shape index (κ3) is 4.71. The van der Waals surface area contributed by atoms with E-state index < -0.39 is 12.0 Å². The van der Waals surface area contributed by atoms with E-state index in [1.54, 1.807) is 0 Å². The van der Waals surface area contributed by atoms with Crippen LogP contribution in [0, 0.1) is 13.8 Å². The molecule has 0 aromatic heterocycles. The molecule has 1 atom stereocenters. The van der Waals surface area contributed by atoms with E-state index in [1.165, 1.54) is 4.90 Å². The number of benzene rings is 1. The molecule has 1 aliphatic heterocycles. The number of aryl methyl sites for hydroxylation is 2. The lowest BCUT2D eigenvalue weighted by atomic mass is 10.1. The minimum absolute atomic E-state index is 0.0540. The number of nitrogens with zero attached hydrogens (tertiary/aromatic N) is 1. The van der Waals surface area contributed by atoms with Gasteiger partial charge in [-0.15, -0.1) is 0 Å². The number of carbonyl (C=O) groups is 2. The van der Waals surface area contributed by atoms with Crippen molar-refractivity contribution in [3.05, 3.63) is 29.3 Å². The minimum atomic E-state index is -0.894. The van der Waals surface area contributed by atoms with Gasteiger partial charge in [0, 0.05) is 13.0 Å². The fourth-order valence-corrected chi connectivity index (χ4v) is 2.89. The number of hydrogen-bond donors (Lipinski definition) is 1. The maximum absolute atomic E-state index is 12.1. The number of aliphatic carboxylic acids is 1. The molecule has 1 fully saturated rings. The van der Waals surface area contributed by atoms with Gasteiger partial charge in [-0.05, 0) is 56.7 Å². The Kier molecular flexibility index (Phi) is 6.02. The van der Waals surface area contributed by atoms with E-state index in [9.17, 15) is 9.59 Å². The molecule has 1 aromatic carbocycles. The summed E-state index contributed by atoms with van der Waals surface area (Å²) in [5, 5.41) is 9.10. The van der Waals surface area contributed by atoms with Crippen LogP contribution in [0.5, 0.6) is 5.75 Å². The van der Waals surface area contributed by atoms with Crippen molar-refractivity contribution in [3.8, 4) is 5.75 Å². The van der Waals surface area contributed by atoms with Gasteiger partial charge in [-0.2, -0.15) is 0 Å². The Morgan fingerprint density at radius 2 is 2.09 bits per heavy atom. The average Bonchev–Trinajstić information content (AvgIpc) is 3.00. The first-order valence-corrected chi connectivity index (χ1v) is 8.21.